The van der Waals surface area contributed by atoms with E-state index in [2.05, 4.69) is 31.2 Å². The van der Waals surface area contributed by atoms with Crippen molar-refractivity contribution in [1.29, 1.82) is 0 Å². The smallest absolute Gasteiger partial charge is 0.257 e. The monoisotopic (exact) mass is 393 g/mol. The largest absolute Gasteiger partial charge is 0.368 e. The van der Waals surface area contributed by atoms with Gasteiger partial charge in [-0.25, -0.2) is 4.98 Å². The Morgan fingerprint density at radius 3 is 2.46 bits per heavy atom. The van der Waals surface area contributed by atoms with Crippen molar-refractivity contribution < 1.29 is 4.79 Å². The third-order valence-electron chi connectivity index (χ3n) is 4.71. The Kier molecular flexibility index (Phi) is 5.39. The summed E-state index contributed by atoms with van der Waals surface area (Å²) in [7, 11) is 0. The van der Waals surface area contributed by atoms with Gasteiger partial charge in [-0.05, 0) is 42.5 Å². The van der Waals surface area contributed by atoms with Crippen LogP contribution in [0.5, 0.6) is 0 Å². The summed E-state index contributed by atoms with van der Waals surface area (Å²) in [5.74, 6) is 0.711. The molecular weight excluding hydrogens is 374 g/mol. The number of amides is 1. The summed E-state index contributed by atoms with van der Waals surface area (Å²) in [6.45, 7) is 3.56. The van der Waals surface area contributed by atoms with Crippen LogP contribution in [0.15, 0.2) is 67.1 Å². The highest BCUT2D eigenvalue weighted by atomic mass is 35.5. The van der Waals surface area contributed by atoms with Crippen LogP contribution >= 0.6 is 11.6 Å². The fourth-order valence-corrected chi connectivity index (χ4v) is 3.40. The van der Waals surface area contributed by atoms with Crippen LogP contribution in [-0.2, 0) is 0 Å². The summed E-state index contributed by atoms with van der Waals surface area (Å²) in [6.07, 6.45) is 4.86. The number of nitrogens with zero attached hydrogens (tertiary/aromatic N) is 4. The molecule has 0 atom stereocenters. The number of rotatable bonds is 4. The summed E-state index contributed by atoms with van der Waals surface area (Å²) < 4.78 is 0. The average Bonchev–Trinajstić information content (AvgIpc) is 2.75. The fraction of sp³-hybridized carbons (Fsp3) is 0.190. The van der Waals surface area contributed by atoms with Crippen LogP contribution in [0.3, 0.4) is 0 Å². The van der Waals surface area contributed by atoms with Gasteiger partial charge in [0.1, 0.15) is 5.82 Å². The van der Waals surface area contributed by atoms with Crippen molar-refractivity contribution in [3.63, 3.8) is 0 Å². The number of pyridine rings is 2. The number of nitrogens with one attached hydrogen (secondary N) is 1. The Hall–Kier alpha value is -3.12. The van der Waals surface area contributed by atoms with Crippen molar-refractivity contribution in [1.82, 2.24) is 9.97 Å². The second-order valence-electron chi connectivity index (χ2n) is 6.55. The molecule has 7 heteroatoms. The maximum absolute atomic E-state index is 12.2. The van der Waals surface area contributed by atoms with Crippen LogP contribution < -0.4 is 15.1 Å². The molecule has 1 saturated heterocycles. The van der Waals surface area contributed by atoms with E-state index in [1.54, 1.807) is 24.5 Å². The van der Waals surface area contributed by atoms with Crippen molar-refractivity contribution in [2.45, 2.75) is 0 Å². The summed E-state index contributed by atoms with van der Waals surface area (Å²) in [6, 6.07) is 15.2. The van der Waals surface area contributed by atoms with Gasteiger partial charge in [-0.2, -0.15) is 0 Å². The van der Waals surface area contributed by atoms with E-state index in [0.717, 1.165) is 42.7 Å². The first kappa shape index (κ1) is 18.3. The zero-order valence-corrected chi connectivity index (χ0v) is 16.0. The van der Waals surface area contributed by atoms with Gasteiger partial charge in [0.25, 0.3) is 5.91 Å². The number of halogens is 1. The number of carbonyl (C=O) groups is 1. The Morgan fingerprint density at radius 1 is 0.964 bits per heavy atom. The Balaban J connectivity index is 1.35. The van der Waals surface area contributed by atoms with Crippen LogP contribution in [0.4, 0.5) is 17.2 Å². The van der Waals surface area contributed by atoms with Gasteiger partial charge in [0.15, 0.2) is 0 Å². The maximum atomic E-state index is 12.2. The molecule has 142 valence electrons. The summed E-state index contributed by atoms with van der Waals surface area (Å²) in [4.78, 5) is 25.2. The maximum Gasteiger partial charge on any atom is 0.257 e. The number of aromatic nitrogens is 2. The highest BCUT2D eigenvalue weighted by molar-refractivity contribution is 6.30. The van der Waals surface area contributed by atoms with E-state index in [4.69, 9.17) is 11.6 Å². The summed E-state index contributed by atoms with van der Waals surface area (Å²) >= 11 is 6.10. The molecule has 3 aromatic rings. The second-order valence-corrected chi connectivity index (χ2v) is 6.99. The van der Waals surface area contributed by atoms with E-state index in [-0.39, 0.29) is 5.91 Å². The number of piperazine rings is 1. The first-order valence-corrected chi connectivity index (χ1v) is 9.50. The van der Waals surface area contributed by atoms with Gasteiger partial charge in [-0.3, -0.25) is 9.78 Å². The molecule has 1 aliphatic rings. The number of benzene rings is 1. The minimum Gasteiger partial charge on any atom is -0.368 e. The van der Waals surface area contributed by atoms with Gasteiger partial charge in [0, 0.05) is 49.3 Å². The van der Waals surface area contributed by atoms with Crippen molar-refractivity contribution in [2.24, 2.45) is 0 Å². The molecule has 28 heavy (non-hydrogen) atoms. The zero-order chi connectivity index (χ0) is 19.3. The standard InChI is InChI=1S/C21H20ClN5O/c22-17-4-1-5-19(13-17)26-9-11-27(12-10-26)20-7-6-18(15-24-20)25-21(28)16-3-2-8-23-14-16/h1-8,13-15H,9-12H2,(H,25,28). The third kappa shape index (κ3) is 4.23. The number of hydrogen-bond donors (Lipinski definition) is 1. The van der Waals surface area contributed by atoms with Crippen LogP contribution in [0, 0.1) is 0 Å². The van der Waals surface area contributed by atoms with E-state index in [0.29, 0.717) is 11.3 Å². The van der Waals surface area contributed by atoms with Crippen molar-refractivity contribution in [2.75, 3.05) is 41.3 Å². The molecule has 1 fully saturated rings. The fourth-order valence-electron chi connectivity index (χ4n) is 3.21. The highest BCUT2D eigenvalue weighted by Crippen LogP contribution is 2.23. The first-order chi connectivity index (χ1) is 13.7. The Morgan fingerprint density at radius 2 is 1.79 bits per heavy atom. The molecule has 0 unspecified atom stereocenters. The normalized spacial score (nSPS) is 14.0. The van der Waals surface area contributed by atoms with Gasteiger partial charge >= 0.3 is 0 Å². The molecule has 1 amide bonds. The van der Waals surface area contributed by atoms with Gasteiger partial charge in [-0.15, -0.1) is 0 Å². The molecular formula is C21H20ClN5O. The Bertz CT molecular complexity index is 941. The topological polar surface area (TPSA) is 61.4 Å². The summed E-state index contributed by atoms with van der Waals surface area (Å²) in [5.41, 5.74) is 2.33. The molecule has 1 aromatic carbocycles. The quantitative estimate of drug-likeness (QED) is 0.732. The predicted molar refractivity (Wildman–Crippen MR) is 112 cm³/mol. The molecule has 0 spiro atoms. The number of hydrogen-bond acceptors (Lipinski definition) is 5. The van der Waals surface area contributed by atoms with E-state index in [9.17, 15) is 4.79 Å². The van der Waals surface area contributed by atoms with Crippen molar-refractivity contribution >= 4 is 34.7 Å². The molecule has 6 nitrogen and oxygen atoms in total. The predicted octanol–water partition coefficient (Wildman–Crippen LogP) is 3.71. The van der Waals surface area contributed by atoms with E-state index < -0.39 is 0 Å². The minimum absolute atomic E-state index is 0.196. The van der Waals surface area contributed by atoms with Crippen LogP contribution in [0.25, 0.3) is 0 Å². The zero-order valence-electron chi connectivity index (χ0n) is 15.3. The lowest BCUT2D eigenvalue weighted by atomic mass is 10.2. The third-order valence-corrected chi connectivity index (χ3v) is 4.94. The lowest BCUT2D eigenvalue weighted by Crippen LogP contribution is -2.46. The molecule has 0 aliphatic carbocycles. The second kappa shape index (κ2) is 8.27. The van der Waals surface area contributed by atoms with Crippen LogP contribution in [0.2, 0.25) is 5.02 Å². The molecule has 1 N–H and O–H groups in total. The van der Waals surface area contributed by atoms with Gasteiger partial charge in [0.05, 0.1) is 17.4 Å². The number of carbonyl (C=O) groups excluding carboxylic acids is 1. The van der Waals surface area contributed by atoms with Gasteiger partial charge in [0.2, 0.25) is 0 Å². The van der Waals surface area contributed by atoms with Crippen molar-refractivity contribution in [3.05, 3.63) is 77.7 Å². The van der Waals surface area contributed by atoms with Crippen molar-refractivity contribution in [3.8, 4) is 0 Å². The number of anilines is 3. The average molecular weight is 394 g/mol. The molecule has 0 bridgehead atoms. The highest BCUT2D eigenvalue weighted by Gasteiger charge is 2.18. The molecule has 4 rings (SSSR count). The molecule has 0 saturated carbocycles. The van der Waals surface area contributed by atoms with E-state index >= 15 is 0 Å². The van der Waals surface area contributed by atoms with Gasteiger partial charge < -0.3 is 15.1 Å². The lowest BCUT2D eigenvalue weighted by molar-refractivity contribution is 0.102. The molecule has 3 heterocycles. The Labute approximate surface area is 168 Å². The van der Waals surface area contributed by atoms with Crippen LogP contribution in [-0.4, -0.2) is 42.1 Å². The SMILES string of the molecule is O=C(Nc1ccc(N2CCN(c3cccc(Cl)c3)CC2)nc1)c1cccnc1. The van der Waals surface area contributed by atoms with E-state index in [1.807, 2.05) is 30.3 Å². The molecule has 0 radical (unpaired) electrons. The van der Waals surface area contributed by atoms with Gasteiger partial charge in [-0.1, -0.05) is 17.7 Å². The van der Waals surface area contributed by atoms with Crippen LogP contribution in [0.1, 0.15) is 10.4 Å². The summed E-state index contributed by atoms with van der Waals surface area (Å²) in [5, 5.41) is 3.60. The van der Waals surface area contributed by atoms with E-state index in [1.165, 1.54) is 6.20 Å². The molecule has 1 aliphatic heterocycles. The first-order valence-electron chi connectivity index (χ1n) is 9.12. The molecule has 2 aromatic heterocycles. The minimum atomic E-state index is -0.196. The lowest BCUT2D eigenvalue weighted by Gasteiger charge is -2.36.